The zero-order valence-electron chi connectivity index (χ0n) is 37.7. The molecule has 0 amide bonds. The Bertz CT molecular complexity index is 982. The summed E-state index contributed by atoms with van der Waals surface area (Å²) in [7, 11) is -4.61. The number of allylic oxidation sites excluding steroid dienone is 2. The first-order valence-corrected chi connectivity index (χ1v) is 25.7. The lowest BCUT2D eigenvalue weighted by Crippen LogP contribution is -2.34. The lowest BCUT2D eigenvalue weighted by molar-refractivity contribution is -0.154. The molecule has 0 aliphatic carbocycles. The molecule has 0 saturated carbocycles. The number of ether oxygens (including phenoxy) is 2. The second-order valence-electron chi connectivity index (χ2n) is 16.6. The van der Waals surface area contributed by atoms with Crippen LogP contribution in [0.15, 0.2) is 12.2 Å². The number of rotatable bonds is 47. The summed E-state index contributed by atoms with van der Waals surface area (Å²) in [5, 5.41) is 8.91. The van der Waals surface area contributed by atoms with E-state index >= 15 is 0 Å². The van der Waals surface area contributed by atoms with Gasteiger partial charge in [-0.05, 0) is 38.5 Å². The minimum absolute atomic E-state index is 0.0215. The second-order valence-corrected chi connectivity index (χ2v) is 18.1. The number of esters is 1. The molecule has 0 saturated heterocycles. The molecule has 58 heavy (non-hydrogen) atoms. The van der Waals surface area contributed by atoms with Crippen LogP contribution < -0.4 is 5.73 Å². The van der Waals surface area contributed by atoms with E-state index in [2.05, 4.69) is 26.0 Å². The van der Waals surface area contributed by atoms with Crippen molar-refractivity contribution in [3.63, 3.8) is 0 Å². The van der Waals surface area contributed by atoms with E-state index in [9.17, 15) is 19.0 Å². The summed E-state index contributed by atoms with van der Waals surface area (Å²) in [4.78, 5) is 33.6. The molecule has 0 spiro atoms. The largest absolute Gasteiger partial charge is 0.480 e. The Balaban J connectivity index is 4.14. The van der Waals surface area contributed by atoms with Crippen molar-refractivity contribution in [2.24, 2.45) is 5.73 Å². The van der Waals surface area contributed by atoms with E-state index in [-0.39, 0.29) is 13.0 Å². The van der Waals surface area contributed by atoms with Gasteiger partial charge < -0.3 is 25.2 Å². The van der Waals surface area contributed by atoms with Gasteiger partial charge in [-0.3, -0.25) is 18.6 Å². The van der Waals surface area contributed by atoms with Gasteiger partial charge in [-0.15, -0.1) is 0 Å². The molecule has 0 aromatic rings. The number of hydrogen-bond donors (Lipinski definition) is 3. The molecule has 0 aromatic heterocycles. The van der Waals surface area contributed by atoms with Gasteiger partial charge in [0.25, 0.3) is 0 Å². The second kappa shape index (κ2) is 43.8. The van der Waals surface area contributed by atoms with Gasteiger partial charge in [0.15, 0.2) is 0 Å². The first-order valence-electron chi connectivity index (χ1n) is 24.2. The fraction of sp³-hybridized carbons (Fsp3) is 0.915. The Morgan fingerprint density at radius 3 is 1.31 bits per heavy atom. The van der Waals surface area contributed by atoms with Crippen molar-refractivity contribution >= 4 is 19.8 Å². The average molecular weight is 846 g/mol. The Kier molecular flexibility index (Phi) is 42.8. The van der Waals surface area contributed by atoms with Gasteiger partial charge in [0.1, 0.15) is 12.1 Å². The number of carbonyl (C=O) groups excluding carboxylic acids is 1. The first kappa shape index (κ1) is 56.7. The summed E-state index contributed by atoms with van der Waals surface area (Å²) >= 11 is 0. The van der Waals surface area contributed by atoms with Crippen LogP contribution in [0.25, 0.3) is 0 Å². The van der Waals surface area contributed by atoms with E-state index in [0.717, 1.165) is 44.9 Å². The van der Waals surface area contributed by atoms with Gasteiger partial charge in [-0.25, -0.2) is 4.57 Å². The Labute approximate surface area is 356 Å². The molecular weight excluding hydrogens is 753 g/mol. The van der Waals surface area contributed by atoms with Crippen LogP contribution in [0.4, 0.5) is 0 Å². The molecule has 344 valence electrons. The Hall–Kier alpha value is -1.29. The highest BCUT2D eigenvalue weighted by molar-refractivity contribution is 7.47. The van der Waals surface area contributed by atoms with E-state index in [4.69, 9.17) is 29.4 Å². The van der Waals surface area contributed by atoms with E-state index in [1.54, 1.807) is 0 Å². The van der Waals surface area contributed by atoms with E-state index in [0.29, 0.717) is 13.0 Å². The molecule has 0 heterocycles. The van der Waals surface area contributed by atoms with Gasteiger partial charge in [-0.1, -0.05) is 206 Å². The average Bonchev–Trinajstić information content (AvgIpc) is 3.20. The summed E-state index contributed by atoms with van der Waals surface area (Å²) in [5.74, 6) is -1.77. The van der Waals surface area contributed by atoms with Crippen LogP contribution in [0.5, 0.6) is 0 Å². The van der Waals surface area contributed by atoms with Crippen LogP contribution in [0.2, 0.25) is 0 Å². The third kappa shape index (κ3) is 42.8. The van der Waals surface area contributed by atoms with Gasteiger partial charge in [0, 0.05) is 13.0 Å². The van der Waals surface area contributed by atoms with Gasteiger partial charge in [-0.2, -0.15) is 0 Å². The SMILES string of the molecule is CCCCCCCC/C=C\CCCCCCCCCC(=O)OC(COCCCCCCCCCCCCCCCCCCCCC)COP(=O)(O)OCC(N)C(=O)O. The molecule has 0 radical (unpaired) electrons. The number of hydrogen-bond acceptors (Lipinski definition) is 8. The summed E-state index contributed by atoms with van der Waals surface area (Å²) in [6, 6.07) is -1.47. The highest BCUT2D eigenvalue weighted by Gasteiger charge is 2.27. The zero-order chi connectivity index (χ0) is 42.6. The molecule has 0 aromatic carbocycles. The Morgan fingerprint density at radius 1 is 0.534 bits per heavy atom. The van der Waals surface area contributed by atoms with Crippen molar-refractivity contribution in [3.8, 4) is 0 Å². The maximum Gasteiger partial charge on any atom is 0.472 e. The van der Waals surface area contributed by atoms with Crippen LogP contribution >= 0.6 is 7.82 Å². The standard InChI is InChI=1S/C47H92NO9P/c1-3-5-7-9-11-13-15-17-19-21-22-24-26-28-30-32-34-36-38-40-54-41-44(42-55-58(52,53)56-43-45(48)47(50)51)57-46(49)39-37-35-33-31-29-27-25-23-20-18-16-14-12-10-8-6-4-2/h18,20,44-45H,3-17,19,21-43,48H2,1-2H3,(H,50,51)(H,52,53)/b20-18-. The third-order valence-corrected chi connectivity index (χ3v) is 11.7. The van der Waals surface area contributed by atoms with E-state index in [1.165, 1.54) is 167 Å². The monoisotopic (exact) mass is 846 g/mol. The lowest BCUT2D eigenvalue weighted by atomic mass is 10.0. The number of aliphatic carboxylic acids is 1. The van der Waals surface area contributed by atoms with Crippen molar-refractivity contribution in [1.82, 2.24) is 0 Å². The lowest BCUT2D eigenvalue weighted by Gasteiger charge is -2.20. The number of nitrogens with two attached hydrogens (primary N) is 1. The van der Waals surface area contributed by atoms with Gasteiger partial charge in [0.05, 0.1) is 19.8 Å². The number of unbranched alkanes of at least 4 members (excludes halogenated alkanes) is 31. The van der Waals surface area contributed by atoms with Crippen LogP contribution in [-0.2, 0) is 32.7 Å². The minimum Gasteiger partial charge on any atom is -0.480 e. The molecule has 0 fully saturated rings. The number of phosphoric ester groups is 1. The highest BCUT2D eigenvalue weighted by atomic mass is 31.2. The molecule has 0 aliphatic heterocycles. The van der Waals surface area contributed by atoms with Crippen LogP contribution in [0.1, 0.15) is 239 Å². The third-order valence-electron chi connectivity index (χ3n) is 10.8. The summed E-state index contributed by atoms with van der Waals surface area (Å²) in [5.41, 5.74) is 5.37. The predicted molar refractivity (Wildman–Crippen MR) is 240 cm³/mol. The molecule has 10 nitrogen and oxygen atoms in total. The normalized spacial score (nSPS) is 13.9. The number of carboxylic acid groups (broad SMARTS) is 1. The number of carboxylic acids is 1. The van der Waals surface area contributed by atoms with Gasteiger partial charge in [0.2, 0.25) is 0 Å². The van der Waals surface area contributed by atoms with E-state index in [1.807, 2.05) is 0 Å². The topological polar surface area (TPSA) is 155 Å². The van der Waals surface area contributed by atoms with Crippen molar-refractivity contribution in [2.75, 3.05) is 26.4 Å². The zero-order valence-corrected chi connectivity index (χ0v) is 38.6. The number of carbonyl (C=O) groups is 2. The highest BCUT2D eigenvalue weighted by Crippen LogP contribution is 2.43. The quantitative estimate of drug-likeness (QED) is 0.0233. The molecule has 0 rings (SSSR count). The van der Waals surface area contributed by atoms with Crippen molar-refractivity contribution in [3.05, 3.63) is 12.2 Å². The Morgan fingerprint density at radius 2 is 0.897 bits per heavy atom. The molecule has 0 bridgehead atoms. The predicted octanol–water partition coefficient (Wildman–Crippen LogP) is 13.7. The molecule has 4 N–H and O–H groups in total. The summed E-state index contributed by atoms with van der Waals surface area (Å²) in [6.45, 7) is 3.92. The molecule has 3 unspecified atom stereocenters. The first-order chi connectivity index (χ1) is 28.2. The minimum atomic E-state index is -4.61. The molecule has 11 heteroatoms. The van der Waals surface area contributed by atoms with Crippen LogP contribution in [-0.4, -0.2) is 60.5 Å². The maximum absolute atomic E-state index is 12.7. The van der Waals surface area contributed by atoms with Crippen molar-refractivity contribution < 1.29 is 42.7 Å². The number of phosphoric acid groups is 1. The van der Waals surface area contributed by atoms with E-state index < -0.39 is 45.1 Å². The molecule has 3 atom stereocenters. The fourth-order valence-electron chi connectivity index (χ4n) is 7.01. The summed E-state index contributed by atoms with van der Waals surface area (Å²) < 4.78 is 33.5. The maximum atomic E-state index is 12.7. The molecular formula is C47H92NO9P. The summed E-state index contributed by atoms with van der Waals surface area (Å²) in [6.07, 6.45) is 46.9. The van der Waals surface area contributed by atoms with Crippen LogP contribution in [0, 0.1) is 0 Å². The van der Waals surface area contributed by atoms with Crippen LogP contribution in [0.3, 0.4) is 0 Å². The fourth-order valence-corrected chi connectivity index (χ4v) is 7.79. The van der Waals surface area contributed by atoms with Crippen molar-refractivity contribution in [2.45, 2.75) is 251 Å². The molecule has 0 aliphatic rings. The van der Waals surface area contributed by atoms with Gasteiger partial charge >= 0.3 is 19.8 Å². The smallest absolute Gasteiger partial charge is 0.472 e. The van der Waals surface area contributed by atoms with Crippen molar-refractivity contribution in [1.29, 1.82) is 0 Å².